The molecule has 0 amide bonds. The van der Waals surface area contributed by atoms with Gasteiger partial charge in [-0.2, -0.15) is 5.10 Å². The van der Waals surface area contributed by atoms with Crippen LogP contribution in [0.4, 0.5) is 0 Å². The van der Waals surface area contributed by atoms with Crippen LogP contribution in [0.3, 0.4) is 0 Å². The molecule has 0 unspecified atom stereocenters. The van der Waals surface area contributed by atoms with Gasteiger partial charge in [0.1, 0.15) is 13.1 Å². The van der Waals surface area contributed by atoms with Gasteiger partial charge in [0.15, 0.2) is 14.9 Å². The van der Waals surface area contributed by atoms with Gasteiger partial charge >= 0.3 is 0 Å². The maximum Gasteiger partial charge on any atom is 0.173 e. The monoisotopic (exact) mass is 213 g/mol. The van der Waals surface area contributed by atoms with Crippen molar-refractivity contribution in [3.8, 4) is 0 Å². The zero-order valence-electron chi connectivity index (χ0n) is 9.61. The minimum absolute atomic E-state index is 0.0144. The first-order chi connectivity index (χ1) is 6.39. The standard InChI is InChI=1S/C9H19N3OSi/c1-9(2,3)8-10-6-12(11-8)7-13-14(4)5/h6,14H,7H2,1-5H3. The van der Waals surface area contributed by atoms with Gasteiger partial charge in [0.2, 0.25) is 0 Å². The van der Waals surface area contributed by atoms with E-state index in [0.29, 0.717) is 6.73 Å². The van der Waals surface area contributed by atoms with Crippen LogP contribution in [0.1, 0.15) is 26.6 Å². The van der Waals surface area contributed by atoms with Crippen LogP contribution in [-0.4, -0.2) is 23.8 Å². The number of hydrogen-bond donors (Lipinski definition) is 0. The highest BCUT2D eigenvalue weighted by Crippen LogP contribution is 2.16. The second-order valence-electron chi connectivity index (χ2n) is 4.70. The van der Waals surface area contributed by atoms with Crippen molar-refractivity contribution >= 4 is 9.04 Å². The Labute approximate surface area is 87.0 Å². The molecule has 0 fully saturated rings. The molecule has 0 aliphatic rings. The summed E-state index contributed by atoms with van der Waals surface area (Å²) in [4.78, 5) is 4.25. The van der Waals surface area contributed by atoms with Crippen LogP contribution in [-0.2, 0) is 16.6 Å². The Morgan fingerprint density at radius 2 is 2.07 bits per heavy atom. The van der Waals surface area contributed by atoms with Crippen LogP contribution in [0, 0.1) is 0 Å². The van der Waals surface area contributed by atoms with Gasteiger partial charge in [0.05, 0.1) is 0 Å². The number of hydrogen-bond acceptors (Lipinski definition) is 3. The summed E-state index contributed by atoms with van der Waals surface area (Å²) in [5.74, 6) is 0.867. The molecule has 0 aliphatic heterocycles. The number of nitrogens with zero attached hydrogens (tertiary/aromatic N) is 3. The molecule has 0 spiro atoms. The van der Waals surface area contributed by atoms with Crippen molar-refractivity contribution in [3.05, 3.63) is 12.2 Å². The highest BCUT2D eigenvalue weighted by molar-refractivity contribution is 6.48. The van der Waals surface area contributed by atoms with Crippen molar-refractivity contribution < 1.29 is 4.43 Å². The van der Waals surface area contributed by atoms with E-state index in [-0.39, 0.29) is 5.41 Å². The van der Waals surface area contributed by atoms with Crippen molar-refractivity contribution in [2.24, 2.45) is 0 Å². The molecule has 0 N–H and O–H groups in total. The molecule has 4 nitrogen and oxygen atoms in total. The van der Waals surface area contributed by atoms with Crippen molar-refractivity contribution in [2.75, 3.05) is 0 Å². The van der Waals surface area contributed by atoms with E-state index in [9.17, 15) is 0 Å². The van der Waals surface area contributed by atoms with E-state index >= 15 is 0 Å². The molecule has 0 atom stereocenters. The minimum Gasteiger partial charge on any atom is -0.402 e. The lowest BCUT2D eigenvalue weighted by Crippen LogP contribution is -2.16. The fourth-order valence-electron chi connectivity index (χ4n) is 0.926. The Morgan fingerprint density at radius 1 is 1.43 bits per heavy atom. The Balaban J connectivity index is 2.60. The largest absolute Gasteiger partial charge is 0.402 e. The SMILES string of the molecule is C[SiH](C)OCn1cnc(C(C)(C)C)n1. The fourth-order valence-corrected chi connectivity index (χ4v) is 1.38. The Kier molecular flexibility index (Phi) is 3.44. The van der Waals surface area contributed by atoms with Crippen molar-refractivity contribution in [1.82, 2.24) is 14.8 Å². The van der Waals surface area contributed by atoms with E-state index in [1.54, 1.807) is 11.0 Å². The Hall–Kier alpha value is -0.683. The maximum absolute atomic E-state index is 5.55. The van der Waals surface area contributed by atoms with E-state index < -0.39 is 9.04 Å². The number of aromatic nitrogens is 3. The molecule has 0 aliphatic carbocycles. The zero-order valence-corrected chi connectivity index (χ0v) is 10.8. The molecule has 1 aromatic rings. The van der Waals surface area contributed by atoms with E-state index in [1.165, 1.54) is 0 Å². The van der Waals surface area contributed by atoms with E-state index in [0.717, 1.165) is 5.82 Å². The molecule has 5 heteroatoms. The van der Waals surface area contributed by atoms with Gasteiger partial charge in [-0.3, -0.25) is 0 Å². The second-order valence-corrected chi connectivity index (χ2v) is 7.13. The molecule has 14 heavy (non-hydrogen) atoms. The molecule has 1 aromatic heterocycles. The van der Waals surface area contributed by atoms with E-state index in [4.69, 9.17) is 4.43 Å². The van der Waals surface area contributed by atoms with Crippen LogP contribution in [0.25, 0.3) is 0 Å². The van der Waals surface area contributed by atoms with Crippen LogP contribution in [0.5, 0.6) is 0 Å². The molecule has 1 heterocycles. The first-order valence-electron chi connectivity index (χ1n) is 4.91. The fraction of sp³-hybridized carbons (Fsp3) is 0.778. The molecule has 80 valence electrons. The van der Waals surface area contributed by atoms with Gasteiger partial charge < -0.3 is 4.43 Å². The highest BCUT2D eigenvalue weighted by Gasteiger charge is 2.18. The third-order valence-electron chi connectivity index (χ3n) is 1.75. The average molecular weight is 213 g/mol. The van der Waals surface area contributed by atoms with Gasteiger partial charge in [-0.1, -0.05) is 20.8 Å². The summed E-state index contributed by atoms with van der Waals surface area (Å²) in [6.45, 7) is 11.1. The number of rotatable bonds is 3. The predicted octanol–water partition coefficient (Wildman–Crippen LogP) is 1.53. The van der Waals surface area contributed by atoms with Gasteiger partial charge in [-0.15, -0.1) is 0 Å². The van der Waals surface area contributed by atoms with Crippen LogP contribution in [0.2, 0.25) is 13.1 Å². The molecule has 0 bridgehead atoms. The summed E-state index contributed by atoms with van der Waals surface area (Å²) < 4.78 is 7.31. The molecule has 0 saturated carbocycles. The quantitative estimate of drug-likeness (QED) is 0.715. The predicted molar refractivity (Wildman–Crippen MR) is 58.7 cm³/mol. The smallest absolute Gasteiger partial charge is 0.173 e. The van der Waals surface area contributed by atoms with Gasteiger partial charge in [-0.05, 0) is 13.1 Å². The Bertz CT molecular complexity index is 290. The second kappa shape index (κ2) is 4.23. The van der Waals surface area contributed by atoms with Crippen LogP contribution in [0.15, 0.2) is 6.33 Å². The maximum atomic E-state index is 5.55. The zero-order chi connectivity index (χ0) is 10.8. The summed E-state index contributed by atoms with van der Waals surface area (Å²) in [5.41, 5.74) is 0.0144. The lowest BCUT2D eigenvalue weighted by molar-refractivity contribution is 0.223. The molecular weight excluding hydrogens is 194 g/mol. The summed E-state index contributed by atoms with van der Waals surface area (Å²) in [6, 6.07) is 0. The van der Waals surface area contributed by atoms with Crippen molar-refractivity contribution in [1.29, 1.82) is 0 Å². The lowest BCUT2D eigenvalue weighted by Gasteiger charge is -2.12. The third kappa shape index (κ3) is 3.23. The normalized spacial score (nSPS) is 12.4. The molecule has 1 rings (SSSR count). The summed E-state index contributed by atoms with van der Waals surface area (Å²) in [5, 5.41) is 4.36. The van der Waals surface area contributed by atoms with Crippen molar-refractivity contribution in [3.63, 3.8) is 0 Å². The van der Waals surface area contributed by atoms with Gasteiger partial charge in [0, 0.05) is 5.41 Å². The molecule has 0 aromatic carbocycles. The lowest BCUT2D eigenvalue weighted by atomic mass is 9.96. The molecule has 0 radical (unpaired) electrons. The Morgan fingerprint density at radius 3 is 2.50 bits per heavy atom. The molecular formula is C9H19N3OSi. The van der Waals surface area contributed by atoms with Crippen LogP contribution >= 0.6 is 0 Å². The first kappa shape index (κ1) is 11.4. The van der Waals surface area contributed by atoms with Gasteiger partial charge in [0.25, 0.3) is 0 Å². The van der Waals surface area contributed by atoms with E-state index in [1.807, 2.05) is 0 Å². The highest BCUT2D eigenvalue weighted by atomic mass is 28.3. The first-order valence-corrected chi connectivity index (χ1v) is 7.69. The van der Waals surface area contributed by atoms with Gasteiger partial charge in [-0.25, -0.2) is 9.67 Å². The summed E-state index contributed by atoms with van der Waals surface area (Å²) >= 11 is 0. The topological polar surface area (TPSA) is 39.9 Å². The minimum atomic E-state index is -0.962. The summed E-state index contributed by atoms with van der Waals surface area (Å²) in [6.07, 6.45) is 1.73. The van der Waals surface area contributed by atoms with Crippen LogP contribution < -0.4 is 0 Å². The van der Waals surface area contributed by atoms with E-state index in [2.05, 4.69) is 43.9 Å². The third-order valence-corrected chi connectivity index (χ3v) is 2.56. The molecule has 0 saturated heterocycles. The summed E-state index contributed by atoms with van der Waals surface area (Å²) in [7, 11) is -0.962. The average Bonchev–Trinajstić information content (AvgIpc) is 2.47. The van der Waals surface area contributed by atoms with Crippen molar-refractivity contribution in [2.45, 2.75) is 46.0 Å².